The van der Waals surface area contributed by atoms with E-state index in [0.717, 1.165) is 25.7 Å². The van der Waals surface area contributed by atoms with E-state index in [1.807, 2.05) is 16.7 Å². The van der Waals surface area contributed by atoms with E-state index in [1.165, 1.54) is 12.1 Å². The van der Waals surface area contributed by atoms with Crippen molar-refractivity contribution in [2.24, 2.45) is 0 Å². The number of amides is 1. The molecule has 2 heterocycles. The van der Waals surface area contributed by atoms with Gasteiger partial charge in [-0.25, -0.2) is 13.1 Å². The van der Waals surface area contributed by atoms with Gasteiger partial charge in [0, 0.05) is 17.3 Å². The van der Waals surface area contributed by atoms with Crippen LogP contribution in [0.15, 0.2) is 23.1 Å². The largest absolute Gasteiger partial charge is 0.336 e. The number of carbonyl (C=O) groups is 1. The van der Waals surface area contributed by atoms with Gasteiger partial charge in [-0.15, -0.1) is 0 Å². The second kappa shape index (κ2) is 7.64. The molecule has 3 rings (SSSR count). The lowest BCUT2D eigenvalue weighted by molar-refractivity contribution is -0.134. The van der Waals surface area contributed by atoms with Gasteiger partial charge in [0.2, 0.25) is 15.9 Å². The molecule has 1 aromatic rings. The lowest BCUT2D eigenvalue weighted by atomic mass is 10.0. The fraction of sp³-hybridized carbons (Fsp3) is 0.562. The summed E-state index contributed by atoms with van der Waals surface area (Å²) in [4.78, 5) is 14.3. The van der Waals surface area contributed by atoms with Crippen LogP contribution in [-0.4, -0.2) is 49.4 Å². The smallest absolute Gasteiger partial charge is 0.244 e. The molecule has 2 saturated heterocycles. The van der Waals surface area contributed by atoms with Crippen molar-refractivity contribution in [1.29, 1.82) is 0 Å². The van der Waals surface area contributed by atoms with Crippen molar-refractivity contribution in [2.45, 2.75) is 47.9 Å². The van der Waals surface area contributed by atoms with Gasteiger partial charge in [-0.3, -0.25) is 4.79 Å². The second-order valence-corrected chi connectivity index (χ2v) is 10.0. The van der Waals surface area contributed by atoms with Crippen molar-refractivity contribution in [2.75, 3.05) is 12.8 Å². The summed E-state index contributed by atoms with van der Waals surface area (Å²) in [6.07, 6.45) is 6.05. The molecule has 2 aliphatic heterocycles. The van der Waals surface area contributed by atoms with Crippen molar-refractivity contribution in [3.8, 4) is 0 Å². The molecule has 9 heteroatoms. The van der Waals surface area contributed by atoms with Crippen LogP contribution < -0.4 is 4.72 Å². The quantitative estimate of drug-likeness (QED) is 0.790. The molecule has 1 aromatic carbocycles. The number of benzene rings is 1. The van der Waals surface area contributed by atoms with E-state index in [9.17, 15) is 13.2 Å². The van der Waals surface area contributed by atoms with Crippen LogP contribution in [-0.2, 0) is 14.8 Å². The highest BCUT2D eigenvalue weighted by atomic mass is 35.5. The van der Waals surface area contributed by atoms with Crippen molar-refractivity contribution in [3.63, 3.8) is 0 Å². The van der Waals surface area contributed by atoms with Gasteiger partial charge in [-0.1, -0.05) is 29.3 Å². The molecule has 0 saturated carbocycles. The summed E-state index contributed by atoms with van der Waals surface area (Å²) in [6, 6.07) is 4.92. The maximum atomic E-state index is 12.6. The average molecular weight is 423 g/mol. The highest BCUT2D eigenvalue weighted by Crippen LogP contribution is 2.39. The van der Waals surface area contributed by atoms with Crippen LogP contribution in [0.4, 0.5) is 0 Å². The first kappa shape index (κ1) is 19.3. The van der Waals surface area contributed by atoms with E-state index >= 15 is 0 Å². The number of piperidine rings is 1. The minimum atomic E-state index is -3.95. The van der Waals surface area contributed by atoms with Gasteiger partial charge in [0.25, 0.3) is 0 Å². The zero-order chi connectivity index (χ0) is 18.2. The first-order chi connectivity index (χ1) is 11.8. The van der Waals surface area contributed by atoms with E-state index < -0.39 is 10.0 Å². The van der Waals surface area contributed by atoms with E-state index in [2.05, 4.69) is 11.0 Å². The third-order valence-corrected chi connectivity index (χ3v) is 8.32. The molecule has 5 nitrogen and oxygen atoms in total. The fourth-order valence-corrected chi connectivity index (χ4v) is 6.73. The number of sulfonamides is 1. The predicted molar refractivity (Wildman–Crippen MR) is 102 cm³/mol. The van der Waals surface area contributed by atoms with Crippen LogP contribution in [0.1, 0.15) is 25.7 Å². The Morgan fingerprint density at radius 3 is 2.32 bits per heavy atom. The number of nitrogens with zero attached hydrogens (tertiary/aromatic N) is 1. The Morgan fingerprint density at radius 2 is 1.80 bits per heavy atom. The predicted octanol–water partition coefficient (Wildman–Crippen LogP) is 3.16. The summed E-state index contributed by atoms with van der Waals surface area (Å²) in [6.45, 7) is -0.277. The molecule has 2 bridgehead atoms. The number of thioether (sulfide) groups is 1. The van der Waals surface area contributed by atoms with Gasteiger partial charge in [0.05, 0.1) is 16.6 Å². The van der Waals surface area contributed by atoms with Crippen molar-refractivity contribution >= 4 is 50.9 Å². The van der Waals surface area contributed by atoms with Crippen LogP contribution in [0.2, 0.25) is 10.0 Å². The zero-order valence-electron chi connectivity index (χ0n) is 13.7. The zero-order valence-corrected chi connectivity index (χ0v) is 16.9. The first-order valence-electron chi connectivity index (χ1n) is 8.11. The van der Waals surface area contributed by atoms with Gasteiger partial charge in [0.1, 0.15) is 4.90 Å². The molecule has 2 unspecified atom stereocenters. The highest BCUT2D eigenvalue weighted by molar-refractivity contribution is 7.99. The monoisotopic (exact) mass is 422 g/mol. The summed E-state index contributed by atoms with van der Waals surface area (Å²) in [5.41, 5.74) is 0. The maximum absolute atomic E-state index is 12.6. The number of carbonyl (C=O) groups excluding carboxylic acids is 1. The summed E-state index contributed by atoms with van der Waals surface area (Å²) < 4.78 is 27.3. The summed E-state index contributed by atoms with van der Waals surface area (Å²) in [5, 5.41) is 0.654. The average Bonchev–Trinajstić information content (AvgIpc) is 2.82. The molecular formula is C16H20Cl2N2O3S2. The van der Waals surface area contributed by atoms with E-state index in [-0.39, 0.29) is 39.5 Å². The number of hydrogen-bond donors (Lipinski definition) is 1. The minimum Gasteiger partial charge on any atom is -0.336 e. The first-order valence-corrected chi connectivity index (χ1v) is 11.6. The molecule has 0 spiro atoms. The molecule has 2 fully saturated rings. The van der Waals surface area contributed by atoms with Crippen LogP contribution in [0.25, 0.3) is 0 Å². The van der Waals surface area contributed by atoms with Crippen molar-refractivity contribution in [1.82, 2.24) is 9.62 Å². The molecule has 1 amide bonds. The van der Waals surface area contributed by atoms with Crippen molar-refractivity contribution in [3.05, 3.63) is 28.2 Å². The molecule has 138 valence electrons. The normalized spacial score (nSPS) is 26.0. The standard InChI is InChI=1S/C16H20Cl2N2O3S2/c1-24-12-7-10-5-6-11(8-12)20(10)15(21)9-19-25(22,23)16-13(17)3-2-4-14(16)18/h2-4,10-12,19H,5-9H2,1H3. The van der Waals surface area contributed by atoms with Crippen LogP contribution in [0.5, 0.6) is 0 Å². The van der Waals surface area contributed by atoms with Gasteiger partial charge in [-0.2, -0.15) is 11.8 Å². The van der Waals surface area contributed by atoms with E-state index in [0.29, 0.717) is 5.25 Å². The van der Waals surface area contributed by atoms with Crippen LogP contribution in [0.3, 0.4) is 0 Å². The number of nitrogens with one attached hydrogen (secondary N) is 1. The molecule has 2 atom stereocenters. The van der Waals surface area contributed by atoms with Gasteiger partial charge in [-0.05, 0) is 44.1 Å². The molecule has 25 heavy (non-hydrogen) atoms. The molecule has 0 aromatic heterocycles. The number of fused-ring (bicyclic) bond motifs is 2. The third-order valence-electron chi connectivity index (χ3n) is 4.91. The van der Waals surface area contributed by atoms with Gasteiger partial charge >= 0.3 is 0 Å². The minimum absolute atomic E-state index is 0.0355. The Bertz CT molecular complexity index is 738. The molecular weight excluding hydrogens is 403 g/mol. The van der Waals surface area contributed by atoms with E-state index in [1.54, 1.807) is 6.07 Å². The second-order valence-electron chi connectivity index (χ2n) is 6.39. The van der Waals surface area contributed by atoms with Gasteiger partial charge < -0.3 is 4.90 Å². The Balaban J connectivity index is 1.69. The Hall–Kier alpha value is -0.470. The number of halogens is 2. The SMILES string of the molecule is CSC1CC2CCC(C1)N2C(=O)CNS(=O)(=O)c1c(Cl)cccc1Cl. The van der Waals surface area contributed by atoms with Crippen molar-refractivity contribution < 1.29 is 13.2 Å². The summed E-state index contributed by atoms with van der Waals surface area (Å²) >= 11 is 13.8. The number of rotatable bonds is 5. The Morgan fingerprint density at radius 1 is 1.24 bits per heavy atom. The van der Waals surface area contributed by atoms with E-state index in [4.69, 9.17) is 23.2 Å². The van der Waals surface area contributed by atoms with Crippen LogP contribution in [0, 0.1) is 0 Å². The topological polar surface area (TPSA) is 66.5 Å². The van der Waals surface area contributed by atoms with Gasteiger partial charge in [0.15, 0.2) is 0 Å². The summed E-state index contributed by atoms with van der Waals surface area (Å²) in [5.74, 6) is -0.182. The highest BCUT2D eigenvalue weighted by Gasteiger charge is 2.42. The molecule has 1 N–H and O–H groups in total. The number of hydrogen-bond acceptors (Lipinski definition) is 4. The maximum Gasteiger partial charge on any atom is 0.244 e. The third kappa shape index (κ3) is 3.95. The molecule has 2 aliphatic rings. The Labute approximate surface area is 162 Å². The van der Waals surface area contributed by atoms with Crippen LogP contribution >= 0.6 is 35.0 Å². The fourth-order valence-electron chi connectivity index (χ4n) is 3.79. The molecule has 0 aliphatic carbocycles. The lowest BCUT2D eigenvalue weighted by Crippen LogP contribution is -2.50. The molecule has 0 radical (unpaired) electrons. The Kier molecular flexibility index (Phi) is 5.90. The summed E-state index contributed by atoms with van der Waals surface area (Å²) in [7, 11) is -3.95. The lowest BCUT2D eigenvalue weighted by Gasteiger charge is -2.38.